The first-order chi connectivity index (χ1) is 15.1. The van der Waals surface area contributed by atoms with Crippen LogP contribution in [0.15, 0.2) is 41.3 Å². The molecule has 2 amide bonds. The number of nitrogens with zero attached hydrogens (tertiary/aromatic N) is 2. The third-order valence-corrected chi connectivity index (χ3v) is 8.23. The summed E-state index contributed by atoms with van der Waals surface area (Å²) in [6.07, 6.45) is -0.492. The number of aliphatic hydroxyl groups is 1. The maximum absolute atomic E-state index is 13.9. The van der Waals surface area contributed by atoms with Crippen molar-refractivity contribution in [2.45, 2.75) is 43.7 Å². The standard InChI is InChI=1S/C22H24ClN3O5S/c1-13-10-20(14(2)9-16(13)23)32(30,31)26-18-6-4-3-5-17(18)24-22(29)19(26)11-21(28)25-8-7-15(27)12-25/h3-6,9-10,15,19,27H,7-8,11-12H2,1-2H3,(H,24,29). The van der Waals surface area contributed by atoms with Gasteiger partial charge in [-0.1, -0.05) is 23.7 Å². The molecule has 2 aromatic rings. The fraction of sp³-hybridized carbons (Fsp3) is 0.364. The number of carbonyl (C=O) groups excluding carboxylic acids is 2. The summed E-state index contributed by atoms with van der Waals surface area (Å²) in [5, 5.41) is 12.9. The topological polar surface area (TPSA) is 107 Å². The van der Waals surface area contributed by atoms with Crippen molar-refractivity contribution in [2.75, 3.05) is 22.7 Å². The molecule has 0 saturated carbocycles. The summed E-state index contributed by atoms with van der Waals surface area (Å²) in [6.45, 7) is 3.89. The molecule has 2 N–H and O–H groups in total. The predicted molar refractivity (Wildman–Crippen MR) is 121 cm³/mol. The van der Waals surface area contributed by atoms with Gasteiger partial charge in [-0.2, -0.15) is 0 Å². The van der Waals surface area contributed by atoms with Gasteiger partial charge in [0.25, 0.3) is 10.0 Å². The lowest BCUT2D eigenvalue weighted by Crippen LogP contribution is -2.53. The summed E-state index contributed by atoms with van der Waals surface area (Å²) >= 11 is 6.16. The van der Waals surface area contributed by atoms with Crippen molar-refractivity contribution in [3.63, 3.8) is 0 Å². The second-order valence-electron chi connectivity index (χ2n) is 8.18. The van der Waals surface area contributed by atoms with Gasteiger partial charge < -0.3 is 15.3 Å². The van der Waals surface area contributed by atoms with E-state index in [1.54, 1.807) is 44.2 Å². The highest BCUT2D eigenvalue weighted by atomic mass is 35.5. The average Bonchev–Trinajstić information content (AvgIpc) is 3.17. The normalized spacial score (nSPS) is 20.8. The molecule has 4 rings (SSSR count). The van der Waals surface area contributed by atoms with Crippen LogP contribution in [0.1, 0.15) is 24.0 Å². The molecule has 0 aliphatic carbocycles. The van der Waals surface area contributed by atoms with Crippen molar-refractivity contribution in [1.29, 1.82) is 0 Å². The number of halogens is 1. The summed E-state index contributed by atoms with van der Waals surface area (Å²) in [4.78, 5) is 27.4. The number of amides is 2. The predicted octanol–water partition coefficient (Wildman–Crippen LogP) is 2.46. The molecule has 2 heterocycles. The lowest BCUT2D eigenvalue weighted by Gasteiger charge is -2.37. The molecule has 32 heavy (non-hydrogen) atoms. The first-order valence-electron chi connectivity index (χ1n) is 10.3. The van der Waals surface area contributed by atoms with Crippen LogP contribution in [0.3, 0.4) is 0 Å². The molecule has 0 spiro atoms. The Morgan fingerprint density at radius 3 is 2.62 bits per heavy atom. The number of benzene rings is 2. The Bertz CT molecular complexity index is 1200. The van der Waals surface area contributed by atoms with Crippen molar-refractivity contribution in [3.05, 3.63) is 52.5 Å². The Labute approximate surface area is 191 Å². The fourth-order valence-corrected chi connectivity index (χ4v) is 6.28. The first-order valence-corrected chi connectivity index (χ1v) is 12.1. The number of sulfonamides is 1. The van der Waals surface area contributed by atoms with Gasteiger partial charge in [0.1, 0.15) is 6.04 Å². The number of hydrogen-bond donors (Lipinski definition) is 2. The van der Waals surface area contributed by atoms with E-state index in [4.69, 9.17) is 11.6 Å². The number of β-amino-alcohol motifs (C(OH)–C–C–N with tert-alkyl or cyclic N) is 1. The Morgan fingerprint density at radius 2 is 1.94 bits per heavy atom. The quantitative estimate of drug-likeness (QED) is 0.703. The van der Waals surface area contributed by atoms with E-state index in [1.165, 1.54) is 11.0 Å². The number of carbonyl (C=O) groups is 2. The molecule has 0 bridgehead atoms. The van der Waals surface area contributed by atoms with Gasteiger partial charge in [0.2, 0.25) is 11.8 Å². The Balaban J connectivity index is 1.80. The van der Waals surface area contributed by atoms with E-state index < -0.39 is 28.1 Å². The van der Waals surface area contributed by atoms with Crippen LogP contribution >= 0.6 is 11.6 Å². The molecule has 170 valence electrons. The van der Waals surface area contributed by atoms with Gasteiger partial charge in [0.15, 0.2) is 0 Å². The highest BCUT2D eigenvalue weighted by molar-refractivity contribution is 7.93. The van der Waals surface area contributed by atoms with Crippen LogP contribution in [0.25, 0.3) is 0 Å². The van der Waals surface area contributed by atoms with Crippen LogP contribution in [0.4, 0.5) is 11.4 Å². The van der Waals surface area contributed by atoms with Gasteiger partial charge in [0.05, 0.1) is 28.8 Å². The van der Waals surface area contributed by atoms with Gasteiger partial charge in [-0.25, -0.2) is 8.42 Å². The van der Waals surface area contributed by atoms with Crippen LogP contribution in [-0.2, 0) is 19.6 Å². The van der Waals surface area contributed by atoms with Crippen LogP contribution < -0.4 is 9.62 Å². The van der Waals surface area contributed by atoms with Crippen LogP contribution in [0.2, 0.25) is 5.02 Å². The summed E-state index contributed by atoms with van der Waals surface area (Å²) in [7, 11) is -4.21. The second kappa shape index (κ2) is 8.38. The number of hydrogen-bond acceptors (Lipinski definition) is 5. The molecule has 1 fully saturated rings. The van der Waals surface area contributed by atoms with E-state index >= 15 is 0 Å². The molecule has 0 aromatic heterocycles. The van der Waals surface area contributed by atoms with E-state index in [-0.39, 0.29) is 23.8 Å². The maximum Gasteiger partial charge on any atom is 0.265 e. The molecular formula is C22H24ClN3O5S. The maximum atomic E-state index is 13.9. The highest BCUT2D eigenvalue weighted by Gasteiger charge is 2.43. The number of aryl methyl sites for hydroxylation is 2. The molecule has 2 aliphatic heterocycles. The minimum atomic E-state index is -4.21. The number of anilines is 2. The van der Waals surface area contributed by atoms with E-state index in [1.807, 2.05) is 0 Å². The summed E-state index contributed by atoms with van der Waals surface area (Å²) < 4.78 is 28.8. The Hall–Kier alpha value is -2.62. The number of likely N-dealkylation sites (tertiary alicyclic amines) is 1. The molecular weight excluding hydrogens is 454 g/mol. The number of nitrogens with one attached hydrogen (secondary N) is 1. The van der Waals surface area contributed by atoms with E-state index in [0.717, 1.165) is 4.31 Å². The lowest BCUT2D eigenvalue weighted by molar-refractivity contribution is -0.132. The van der Waals surface area contributed by atoms with E-state index in [9.17, 15) is 23.1 Å². The third kappa shape index (κ3) is 3.96. The minimum absolute atomic E-state index is 0.0259. The molecule has 2 unspecified atom stereocenters. The van der Waals surface area contributed by atoms with Crippen LogP contribution in [-0.4, -0.2) is 55.5 Å². The van der Waals surface area contributed by atoms with Crippen molar-refractivity contribution in [3.8, 4) is 0 Å². The summed E-state index contributed by atoms with van der Waals surface area (Å²) in [5.41, 5.74) is 1.67. The monoisotopic (exact) mass is 477 g/mol. The zero-order valence-corrected chi connectivity index (χ0v) is 19.3. The molecule has 2 aromatic carbocycles. The smallest absolute Gasteiger partial charge is 0.265 e. The Kier molecular flexibility index (Phi) is 5.91. The Morgan fingerprint density at radius 1 is 1.22 bits per heavy atom. The van der Waals surface area contributed by atoms with Gasteiger partial charge in [-0.3, -0.25) is 13.9 Å². The zero-order chi connectivity index (χ0) is 23.2. The molecule has 2 aliphatic rings. The third-order valence-electron chi connectivity index (χ3n) is 5.86. The van der Waals surface area contributed by atoms with Crippen LogP contribution in [0, 0.1) is 13.8 Å². The number of fused-ring (bicyclic) bond motifs is 1. The fourth-order valence-electron chi connectivity index (χ4n) is 4.14. The van der Waals surface area contributed by atoms with Gasteiger partial charge in [-0.15, -0.1) is 0 Å². The summed E-state index contributed by atoms with van der Waals surface area (Å²) in [5.74, 6) is -0.964. The number of rotatable bonds is 4. The second-order valence-corrected chi connectivity index (χ2v) is 10.4. The number of aliphatic hydroxyl groups excluding tert-OH is 1. The van der Waals surface area contributed by atoms with Crippen molar-refractivity contribution < 1.29 is 23.1 Å². The van der Waals surface area contributed by atoms with E-state index in [2.05, 4.69) is 5.32 Å². The van der Waals surface area contributed by atoms with Crippen LogP contribution in [0.5, 0.6) is 0 Å². The largest absolute Gasteiger partial charge is 0.391 e. The lowest BCUT2D eigenvalue weighted by atomic mass is 10.1. The summed E-state index contributed by atoms with van der Waals surface area (Å²) in [6, 6.07) is 8.37. The van der Waals surface area contributed by atoms with Gasteiger partial charge in [0, 0.05) is 18.1 Å². The highest BCUT2D eigenvalue weighted by Crippen LogP contribution is 2.38. The molecule has 10 heteroatoms. The number of para-hydroxylation sites is 2. The molecule has 8 nitrogen and oxygen atoms in total. The minimum Gasteiger partial charge on any atom is -0.391 e. The van der Waals surface area contributed by atoms with Gasteiger partial charge in [-0.05, 0) is 55.7 Å². The van der Waals surface area contributed by atoms with Gasteiger partial charge >= 0.3 is 0 Å². The zero-order valence-electron chi connectivity index (χ0n) is 17.7. The molecule has 1 saturated heterocycles. The molecule has 0 radical (unpaired) electrons. The van der Waals surface area contributed by atoms with E-state index in [0.29, 0.717) is 40.5 Å². The SMILES string of the molecule is Cc1cc(S(=O)(=O)N2c3ccccc3NC(=O)C2CC(=O)N2CCC(O)C2)c(C)cc1Cl. The average molecular weight is 478 g/mol. The first kappa shape index (κ1) is 22.6. The van der Waals surface area contributed by atoms with Crippen molar-refractivity contribution in [1.82, 2.24) is 4.90 Å². The van der Waals surface area contributed by atoms with Crippen molar-refractivity contribution >= 4 is 44.8 Å². The molecule has 2 atom stereocenters. The van der Waals surface area contributed by atoms with Crippen molar-refractivity contribution in [2.24, 2.45) is 0 Å².